The zero-order valence-corrected chi connectivity index (χ0v) is 7.58. The summed E-state index contributed by atoms with van der Waals surface area (Å²) in [4.78, 5) is 21.3. The monoisotopic (exact) mass is 215 g/mol. The van der Waals surface area contributed by atoms with E-state index >= 15 is 0 Å². The van der Waals surface area contributed by atoms with Gasteiger partial charge in [0.15, 0.2) is 0 Å². The number of carboxylic acid groups (broad SMARTS) is 2. The summed E-state index contributed by atoms with van der Waals surface area (Å²) in [6, 6.07) is 2.04. The molecule has 5 nitrogen and oxygen atoms in total. The Morgan fingerprint density at radius 3 is 2.00 bits per heavy atom. The van der Waals surface area contributed by atoms with Crippen LogP contribution in [0.25, 0.3) is 0 Å². The fourth-order valence-electron chi connectivity index (χ4n) is 0.944. The molecule has 0 aliphatic heterocycles. The molecular weight excluding hydrogens is 210 g/mol. The van der Waals surface area contributed by atoms with Gasteiger partial charge in [0.1, 0.15) is 0 Å². The first-order chi connectivity index (χ1) is 6.43. The summed E-state index contributed by atoms with van der Waals surface area (Å²) in [6.45, 7) is 0. The van der Waals surface area contributed by atoms with E-state index in [4.69, 9.17) is 27.5 Å². The molecule has 0 atom stereocenters. The molecule has 0 saturated carbocycles. The molecule has 0 spiro atoms. The van der Waals surface area contributed by atoms with Crippen LogP contribution in [0, 0.1) is 0 Å². The molecular formula is C8H6ClNO4. The van der Waals surface area contributed by atoms with Gasteiger partial charge in [0.2, 0.25) is 0 Å². The Balaban J connectivity index is 3.46. The zero-order valence-electron chi connectivity index (χ0n) is 6.82. The molecule has 0 heterocycles. The third-order valence-corrected chi connectivity index (χ3v) is 1.92. The second-order valence-electron chi connectivity index (χ2n) is 2.53. The number of rotatable bonds is 2. The Kier molecular flexibility index (Phi) is 2.62. The first-order valence-corrected chi connectivity index (χ1v) is 3.87. The summed E-state index contributed by atoms with van der Waals surface area (Å²) in [5.41, 5.74) is 4.62. The van der Waals surface area contributed by atoms with Crippen molar-refractivity contribution in [3.63, 3.8) is 0 Å². The Hall–Kier alpha value is -1.75. The highest BCUT2D eigenvalue weighted by molar-refractivity contribution is 6.33. The van der Waals surface area contributed by atoms with Gasteiger partial charge in [0.05, 0.1) is 21.8 Å². The van der Waals surface area contributed by atoms with Gasteiger partial charge in [0, 0.05) is 0 Å². The molecule has 0 saturated heterocycles. The van der Waals surface area contributed by atoms with E-state index in [1.165, 1.54) is 0 Å². The SMILES string of the molecule is Nc1cc(C(=O)O)c(C(=O)O)cc1Cl. The second-order valence-corrected chi connectivity index (χ2v) is 2.94. The number of carboxylic acids is 2. The molecule has 0 fully saturated rings. The predicted molar refractivity (Wildman–Crippen MR) is 49.8 cm³/mol. The minimum absolute atomic E-state index is 0.0207. The molecule has 0 amide bonds. The number of nitrogen functional groups attached to an aromatic ring is 1. The molecule has 74 valence electrons. The van der Waals surface area contributed by atoms with Crippen molar-refractivity contribution < 1.29 is 19.8 Å². The minimum Gasteiger partial charge on any atom is -0.478 e. The summed E-state index contributed by atoms with van der Waals surface area (Å²) >= 11 is 5.55. The van der Waals surface area contributed by atoms with Crippen molar-refractivity contribution >= 4 is 29.2 Å². The first kappa shape index (κ1) is 10.3. The first-order valence-electron chi connectivity index (χ1n) is 3.49. The fraction of sp³-hybridized carbons (Fsp3) is 0. The smallest absolute Gasteiger partial charge is 0.336 e. The van der Waals surface area contributed by atoms with Gasteiger partial charge in [-0.25, -0.2) is 9.59 Å². The van der Waals surface area contributed by atoms with E-state index in [1.807, 2.05) is 0 Å². The molecule has 4 N–H and O–H groups in total. The molecule has 14 heavy (non-hydrogen) atoms. The van der Waals surface area contributed by atoms with Gasteiger partial charge >= 0.3 is 11.9 Å². The highest BCUT2D eigenvalue weighted by atomic mass is 35.5. The summed E-state index contributed by atoms with van der Waals surface area (Å²) in [5, 5.41) is 17.4. The average molecular weight is 216 g/mol. The third kappa shape index (κ3) is 1.77. The van der Waals surface area contributed by atoms with Crippen LogP contribution < -0.4 is 5.73 Å². The van der Waals surface area contributed by atoms with Crippen molar-refractivity contribution in [1.29, 1.82) is 0 Å². The maximum Gasteiger partial charge on any atom is 0.336 e. The van der Waals surface area contributed by atoms with Gasteiger partial charge in [-0.05, 0) is 12.1 Å². The van der Waals surface area contributed by atoms with Crippen LogP contribution in [-0.2, 0) is 0 Å². The van der Waals surface area contributed by atoms with Gasteiger partial charge in [-0.15, -0.1) is 0 Å². The molecule has 6 heteroatoms. The summed E-state index contributed by atoms with van der Waals surface area (Å²) in [6.07, 6.45) is 0. The van der Waals surface area contributed by atoms with Gasteiger partial charge < -0.3 is 15.9 Å². The van der Waals surface area contributed by atoms with Crippen LogP contribution in [-0.4, -0.2) is 22.2 Å². The maximum atomic E-state index is 10.6. The number of nitrogens with two attached hydrogens (primary N) is 1. The Morgan fingerprint density at radius 1 is 1.14 bits per heavy atom. The second kappa shape index (κ2) is 3.55. The molecule has 0 aliphatic rings. The van der Waals surface area contributed by atoms with Crippen LogP contribution in [0.2, 0.25) is 5.02 Å². The van der Waals surface area contributed by atoms with Gasteiger partial charge in [-0.1, -0.05) is 11.6 Å². The number of halogens is 1. The molecule has 1 aromatic rings. The van der Waals surface area contributed by atoms with Gasteiger partial charge in [-0.3, -0.25) is 0 Å². The van der Waals surface area contributed by atoms with Crippen molar-refractivity contribution in [3.8, 4) is 0 Å². The lowest BCUT2D eigenvalue weighted by atomic mass is 10.1. The van der Waals surface area contributed by atoms with Crippen LogP contribution in [0.15, 0.2) is 12.1 Å². The lowest BCUT2D eigenvalue weighted by Gasteiger charge is -2.04. The largest absolute Gasteiger partial charge is 0.478 e. The third-order valence-electron chi connectivity index (χ3n) is 1.60. The Bertz CT molecular complexity index is 377. The van der Waals surface area contributed by atoms with E-state index in [0.29, 0.717) is 0 Å². The van der Waals surface area contributed by atoms with Crippen LogP contribution in [0.3, 0.4) is 0 Å². The van der Waals surface area contributed by atoms with E-state index in [0.717, 1.165) is 12.1 Å². The predicted octanol–water partition coefficient (Wildman–Crippen LogP) is 1.32. The topological polar surface area (TPSA) is 101 Å². The number of hydrogen-bond donors (Lipinski definition) is 3. The Labute approximate surface area is 83.7 Å². The van der Waals surface area contributed by atoms with Gasteiger partial charge in [0.25, 0.3) is 0 Å². The van der Waals surface area contributed by atoms with Crippen molar-refractivity contribution in [1.82, 2.24) is 0 Å². The number of hydrogen-bond acceptors (Lipinski definition) is 3. The lowest BCUT2D eigenvalue weighted by Crippen LogP contribution is -2.09. The van der Waals surface area contributed by atoms with Gasteiger partial charge in [-0.2, -0.15) is 0 Å². The average Bonchev–Trinajstić information content (AvgIpc) is 2.08. The van der Waals surface area contributed by atoms with E-state index in [2.05, 4.69) is 0 Å². The van der Waals surface area contributed by atoms with Crippen LogP contribution in [0.5, 0.6) is 0 Å². The van der Waals surface area contributed by atoms with Crippen molar-refractivity contribution in [3.05, 3.63) is 28.3 Å². The fourth-order valence-corrected chi connectivity index (χ4v) is 1.11. The van der Waals surface area contributed by atoms with Crippen LogP contribution in [0.1, 0.15) is 20.7 Å². The molecule has 1 rings (SSSR count). The van der Waals surface area contributed by atoms with Crippen LogP contribution >= 0.6 is 11.6 Å². The highest BCUT2D eigenvalue weighted by Crippen LogP contribution is 2.23. The summed E-state index contributed by atoms with van der Waals surface area (Å²) < 4.78 is 0. The summed E-state index contributed by atoms with van der Waals surface area (Å²) in [7, 11) is 0. The van der Waals surface area contributed by atoms with E-state index in [-0.39, 0.29) is 21.8 Å². The minimum atomic E-state index is -1.36. The molecule has 0 bridgehead atoms. The Morgan fingerprint density at radius 2 is 1.57 bits per heavy atom. The quantitative estimate of drug-likeness (QED) is 0.646. The number of aromatic carboxylic acids is 2. The molecule has 0 radical (unpaired) electrons. The normalized spacial score (nSPS) is 9.79. The number of benzene rings is 1. The number of anilines is 1. The standard InChI is InChI=1S/C8H6ClNO4/c9-5-1-3(7(11)12)4(8(13)14)2-6(5)10/h1-2H,10H2,(H,11,12)(H,13,14). The molecule has 0 unspecified atom stereocenters. The molecule has 0 aromatic heterocycles. The van der Waals surface area contributed by atoms with E-state index < -0.39 is 11.9 Å². The molecule has 0 aliphatic carbocycles. The van der Waals surface area contributed by atoms with Crippen molar-refractivity contribution in [2.24, 2.45) is 0 Å². The molecule has 1 aromatic carbocycles. The summed E-state index contributed by atoms with van der Waals surface area (Å²) in [5.74, 6) is -2.71. The van der Waals surface area contributed by atoms with E-state index in [1.54, 1.807) is 0 Å². The van der Waals surface area contributed by atoms with Crippen molar-refractivity contribution in [2.75, 3.05) is 5.73 Å². The maximum absolute atomic E-state index is 10.6. The number of carbonyl (C=O) groups is 2. The highest BCUT2D eigenvalue weighted by Gasteiger charge is 2.17. The van der Waals surface area contributed by atoms with Crippen molar-refractivity contribution in [2.45, 2.75) is 0 Å². The van der Waals surface area contributed by atoms with Crippen LogP contribution in [0.4, 0.5) is 5.69 Å². The lowest BCUT2D eigenvalue weighted by molar-refractivity contribution is 0.0651. The zero-order chi connectivity index (χ0) is 10.9. The van der Waals surface area contributed by atoms with E-state index in [9.17, 15) is 9.59 Å².